The first-order valence-corrected chi connectivity index (χ1v) is 10.7. The quantitative estimate of drug-likeness (QED) is 0.372. The van der Waals surface area contributed by atoms with E-state index in [0.29, 0.717) is 35.5 Å². The maximum atomic E-state index is 12.6. The highest BCUT2D eigenvalue weighted by Crippen LogP contribution is 2.22. The van der Waals surface area contributed by atoms with E-state index in [0.717, 1.165) is 11.1 Å². The number of rotatable bonds is 8. The molecule has 1 aliphatic rings. The summed E-state index contributed by atoms with van der Waals surface area (Å²) in [5.41, 5.74) is 16.3. The summed E-state index contributed by atoms with van der Waals surface area (Å²) in [7, 11) is 3.27. The monoisotopic (exact) mass is 465 g/mol. The molecule has 9 heteroatoms. The van der Waals surface area contributed by atoms with Crippen LogP contribution in [-0.4, -0.2) is 43.7 Å². The molecule has 1 atom stereocenters. The van der Waals surface area contributed by atoms with Crippen molar-refractivity contribution < 1.29 is 13.8 Å². The second-order valence-corrected chi connectivity index (χ2v) is 7.70. The van der Waals surface area contributed by atoms with Crippen LogP contribution in [0.3, 0.4) is 0 Å². The van der Waals surface area contributed by atoms with Gasteiger partial charge in [-0.25, -0.2) is 9.78 Å². The summed E-state index contributed by atoms with van der Waals surface area (Å²) in [5, 5.41) is 14.2. The van der Waals surface area contributed by atoms with Crippen LogP contribution in [0.5, 0.6) is 0 Å². The van der Waals surface area contributed by atoms with Crippen molar-refractivity contribution in [2.75, 3.05) is 31.8 Å². The molecule has 7 N–H and O–H groups in total. The second-order valence-electron chi connectivity index (χ2n) is 7.70. The van der Waals surface area contributed by atoms with Gasteiger partial charge < -0.3 is 21.5 Å². The molecular weight excluding hydrogens is 430 g/mol. The number of urea groups is 1. The highest BCUT2D eigenvalue weighted by atomic mass is 16.5. The SMILES string of the molecule is CN=CC1=CC=C(C(=N)c2cnc(NC(=O)N[C@H](COC)c3ccccc3)cc2N)C=C(N)C1.[HH].[HH].[HH]. The third-order valence-corrected chi connectivity index (χ3v) is 5.10. The van der Waals surface area contributed by atoms with E-state index in [1.807, 2.05) is 36.4 Å². The molecule has 1 heterocycles. The third-order valence-electron chi connectivity index (χ3n) is 5.10. The molecular formula is C25H35N7O2. The smallest absolute Gasteiger partial charge is 0.320 e. The van der Waals surface area contributed by atoms with Crippen LogP contribution in [0.25, 0.3) is 0 Å². The number of ether oxygens (including phenoxy) is 1. The van der Waals surface area contributed by atoms with Gasteiger partial charge in [0.1, 0.15) is 5.82 Å². The zero-order valence-corrected chi connectivity index (χ0v) is 19.2. The number of allylic oxidation sites excluding steroid dienone is 5. The van der Waals surface area contributed by atoms with E-state index in [-0.39, 0.29) is 21.9 Å². The van der Waals surface area contributed by atoms with Crippen LogP contribution in [-0.2, 0) is 4.74 Å². The van der Waals surface area contributed by atoms with E-state index in [1.165, 1.54) is 12.3 Å². The van der Waals surface area contributed by atoms with E-state index in [2.05, 4.69) is 20.6 Å². The summed E-state index contributed by atoms with van der Waals surface area (Å²) in [6.07, 6.45) is 9.17. The molecule has 2 amide bonds. The van der Waals surface area contributed by atoms with Crippen LogP contribution in [0.4, 0.5) is 16.3 Å². The van der Waals surface area contributed by atoms with Gasteiger partial charge in [0.15, 0.2) is 0 Å². The van der Waals surface area contributed by atoms with Crippen molar-refractivity contribution in [1.29, 1.82) is 5.41 Å². The van der Waals surface area contributed by atoms with Gasteiger partial charge in [0.05, 0.1) is 18.4 Å². The molecule has 34 heavy (non-hydrogen) atoms. The number of hydrogen-bond acceptors (Lipinski definition) is 7. The standard InChI is InChI=1S/C25H29N7O2.3H2/c1-29-13-16-8-9-18(11-19(26)10-16)24(28)20-14-30-23(12-21(20)27)32-25(33)31-22(15-34-2)17-6-4-3-5-7-17;;;/h3-9,11-14,22,28H,10,15,26H2,1-2H3,(H4,27,30,31,32,33);3*1H/t22-;;;/m1.../s1. The van der Waals surface area contributed by atoms with Crippen LogP contribution in [0.1, 0.15) is 27.9 Å². The topological polar surface area (TPSA) is 152 Å². The highest BCUT2D eigenvalue weighted by molar-refractivity contribution is 6.15. The number of pyridine rings is 1. The van der Waals surface area contributed by atoms with Crippen molar-refractivity contribution in [2.24, 2.45) is 10.7 Å². The number of aliphatic imine (C=N–C) groups is 1. The number of benzene rings is 1. The Bertz CT molecular complexity index is 1180. The van der Waals surface area contributed by atoms with Crippen molar-refractivity contribution in [3.8, 4) is 0 Å². The molecule has 2 aromatic rings. The first kappa shape index (κ1) is 24.4. The number of hydrogen-bond donors (Lipinski definition) is 5. The van der Waals surface area contributed by atoms with Crippen molar-refractivity contribution in [2.45, 2.75) is 12.5 Å². The van der Waals surface area contributed by atoms with Crippen LogP contribution in [0.15, 0.2) is 82.7 Å². The fraction of sp³-hybridized carbons (Fsp3) is 0.200. The van der Waals surface area contributed by atoms with Gasteiger partial charge in [0.2, 0.25) is 0 Å². The lowest BCUT2D eigenvalue weighted by molar-refractivity contribution is 0.168. The molecule has 0 radical (unpaired) electrons. The van der Waals surface area contributed by atoms with Crippen molar-refractivity contribution in [3.63, 3.8) is 0 Å². The molecule has 3 rings (SSSR count). The zero-order chi connectivity index (χ0) is 24.5. The summed E-state index contributed by atoms with van der Waals surface area (Å²) in [6, 6.07) is 10.3. The second kappa shape index (κ2) is 11.6. The number of carbonyl (C=O) groups is 1. The molecule has 0 saturated carbocycles. The lowest BCUT2D eigenvalue weighted by Gasteiger charge is -2.19. The van der Waals surface area contributed by atoms with Crippen LogP contribution in [0.2, 0.25) is 0 Å². The van der Waals surface area contributed by atoms with Gasteiger partial charge in [-0.15, -0.1) is 0 Å². The number of anilines is 2. The van der Waals surface area contributed by atoms with Gasteiger partial charge in [0.25, 0.3) is 0 Å². The number of amides is 2. The van der Waals surface area contributed by atoms with Crippen LogP contribution in [0, 0.1) is 5.41 Å². The minimum atomic E-state index is -0.446. The first-order chi connectivity index (χ1) is 16.4. The number of nitrogens with two attached hydrogens (primary N) is 2. The summed E-state index contributed by atoms with van der Waals surface area (Å²) >= 11 is 0. The molecule has 0 aliphatic heterocycles. The predicted molar refractivity (Wildman–Crippen MR) is 143 cm³/mol. The van der Waals surface area contributed by atoms with Gasteiger partial charge in [-0.2, -0.15) is 0 Å². The highest BCUT2D eigenvalue weighted by Gasteiger charge is 2.17. The van der Waals surface area contributed by atoms with Crippen LogP contribution < -0.4 is 22.1 Å². The van der Waals surface area contributed by atoms with Gasteiger partial charge in [0, 0.05) is 65.9 Å². The molecule has 1 aromatic heterocycles. The van der Waals surface area contributed by atoms with Gasteiger partial charge in [-0.05, 0) is 17.2 Å². The molecule has 0 saturated heterocycles. The Kier molecular flexibility index (Phi) is 8.31. The van der Waals surface area contributed by atoms with E-state index in [1.54, 1.807) is 32.5 Å². The molecule has 0 unspecified atom stereocenters. The van der Waals surface area contributed by atoms with Crippen LogP contribution >= 0.6 is 0 Å². The first-order valence-electron chi connectivity index (χ1n) is 10.7. The largest absolute Gasteiger partial charge is 0.402 e. The Morgan fingerprint density at radius 3 is 2.76 bits per heavy atom. The Labute approximate surface area is 203 Å². The fourth-order valence-corrected chi connectivity index (χ4v) is 3.49. The Hall–Kier alpha value is -4.24. The third kappa shape index (κ3) is 6.39. The summed E-state index contributed by atoms with van der Waals surface area (Å²) in [4.78, 5) is 20.8. The summed E-state index contributed by atoms with van der Waals surface area (Å²) in [5.74, 6) is 0.266. The van der Waals surface area contributed by atoms with E-state index in [9.17, 15) is 4.79 Å². The molecule has 0 bridgehead atoms. The Morgan fingerprint density at radius 2 is 2.09 bits per heavy atom. The van der Waals surface area contributed by atoms with Crippen molar-refractivity contribution in [3.05, 3.63) is 88.8 Å². The average Bonchev–Trinajstić information content (AvgIpc) is 3.00. The number of nitrogens with one attached hydrogen (secondary N) is 3. The van der Waals surface area contributed by atoms with Crippen molar-refractivity contribution >= 4 is 29.5 Å². The Morgan fingerprint density at radius 1 is 1.32 bits per heavy atom. The maximum absolute atomic E-state index is 12.6. The fourth-order valence-electron chi connectivity index (χ4n) is 3.49. The predicted octanol–water partition coefficient (Wildman–Crippen LogP) is 4.08. The maximum Gasteiger partial charge on any atom is 0.320 e. The zero-order valence-electron chi connectivity index (χ0n) is 19.2. The molecule has 1 aromatic carbocycles. The molecule has 9 nitrogen and oxygen atoms in total. The number of aromatic nitrogens is 1. The number of carbonyl (C=O) groups excluding carboxylic acids is 1. The summed E-state index contributed by atoms with van der Waals surface area (Å²) in [6.45, 7) is 0.315. The van der Waals surface area contributed by atoms with Gasteiger partial charge >= 0.3 is 6.03 Å². The number of methoxy groups -OCH3 is 1. The van der Waals surface area contributed by atoms with Gasteiger partial charge in [-0.1, -0.05) is 42.5 Å². The lowest BCUT2D eigenvalue weighted by Crippen LogP contribution is -2.35. The van der Waals surface area contributed by atoms with Gasteiger partial charge in [-0.3, -0.25) is 15.7 Å². The lowest BCUT2D eigenvalue weighted by atomic mass is 10.0. The normalized spacial score (nSPS) is 14.5. The average molecular weight is 466 g/mol. The number of nitrogens with zero attached hydrogens (tertiary/aromatic N) is 2. The molecule has 182 valence electrons. The molecule has 1 aliphatic carbocycles. The number of nitrogen functional groups attached to an aromatic ring is 1. The minimum absolute atomic E-state index is 0. The molecule has 0 spiro atoms. The Balaban J connectivity index is 0.00000432. The van der Waals surface area contributed by atoms with Crippen molar-refractivity contribution in [1.82, 2.24) is 10.3 Å². The summed E-state index contributed by atoms with van der Waals surface area (Å²) < 4.78 is 5.23. The molecule has 0 fully saturated rings. The van der Waals surface area contributed by atoms with E-state index in [4.69, 9.17) is 21.6 Å². The van der Waals surface area contributed by atoms with E-state index >= 15 is 0 Å². The van der Waals surface area contributed by atoms with E-state index < -0.39 is 6.03 Å². The minimum Gasteiger partial charge on any atom is -0.402 e.